The third-order valence-electron chi connectivity index (χ3n) is 6.01. The molecule has 0 saturated heterocycles. The molecule has 3 aromatic carbocycles. The van der Waals surface area contributed by atoms with Crippen LogP contribution < -0.4 is 14.8 Å². The zero-order valence-corrected chi connectivity index (χ0v) is 21.2. The summed E-state index contributed by atoms with van der Waals surface area (Å²) in [6.45, 7) is 0.311. The molecule has 1 amide bonds. The van der Waals surface area contributed by atoms with Crippen LogP contribution >= 0.6 is 11.6 Å². The first-order valence-corrected chi connectivity index (χ1v) is 12.1. The summed E-state index contributed by atoms with van der Waals surface area (Å²) < 4.78 is 18.7. The van der Waals surface area contributed by atoms with Crippen molar-refractivity contribution in [1.29, 1.82) is 0 Å². The Hall–Kier alpha value is -4.30. The Balaban J connectivity index is 1.36. The fourth-order valence-electron chi connectivity index (χ4n) is 4.09. The van der Waals surface area contributed by atoms with E-state index in [2.05, 4.69) is 10.3 Å². The molecule has 0 atom stereocenters. The van der Waals surface area contributed by atoms with E-state index in [-0.39, 0.29) is 12.3 Å². The maximum absolute atomic E-state index is 12.8. The Bertz CT molecular complexity index is 1540. The van der Waals surface area contributed by atoms with E-state index in [0.717, 1.165) is 22.2 Å². The van der Waals surface area contributed by atoms with Crippen LogP contribution in [0.3, 0.4) is 0 Å². The van der Waals surface area contributed by atoms with Gasteiger partial charge < -0.3 is 19.2 Å². The SMILES string of the molecule is COc1ccc(OC)c(CNC(=O)CCc2oc(-n3cnc4ccccc43)nc2-c2ccc(Cl)cc2)c1. The predicted molar refractivity (Wildman–Crippen MR) is 141 cm³/mol. The Morgan fingerprint density at radius 3 is 2.65 bits per heavy atom. The number of rotatable bonds is 9. The van der Waals surface area contributed by atoms with Crippen molar-refractivity contribution < 1.29 is 18.7 Å². The number of amides is 1. The van der Waals surface area contributed by atoms with E-state index in [1.54, 1.807) is 37.2 Å². The number of oxazole rings is 1. The number of para-hydroxylation sites is 2. The molecule has 5 aromatic rings. The molecule has 9 heteroatoms. The summed E-state index contributed by atoms with van der Waals surface area (Å²) in [6.07, 6.45) is 2.25. The minimum atomic E-state index is -0.127. The van der Waals surface area contributed by atoms with E-state index in [9.17, 15) is 4.79 Å². The number of nitrogens with one attached hydrogen (secondary N) is 1. The van der Waals surface area contributed by atoms with Crippen LogP contribution in [-0.4, -0.2) is 34.7 Å². The number of nitrogens with zero attached hydrogens (tertiary/aromatic N) is 3. The summed E-state index contributed by atoms with van der Waals surface area (Å²) in [4.78, 5) is 22.0. The molecule has 0 fully saturated rings. The first-order valence-electron chi connectivity index (χ1n) is 11.7. The van der Waals surface area contributed by atoms with Crippen molar-refractivity contribution in [3.05, 3.63) is 89.4 Å². The molecule has 8 nitrogen and oxygen atoms in total. The molecule has 0 aliphatic rings. The fraction of sp³-hybridized carbons (Fsp3) is 0.179. The summed E-state index contributed by atoms with van der Waals surface area (Å²) in [5.74, 6) is 1.85. The zero-order chi connectivity index (χ0) is 25.8. The number of hydrogen-bond acceptors (Lipinski definition) is 6. The fourth-order valence-corrected chi connectivity index (χ4v) is 4.21. The predicted octanol–water partition coefficient (Wildman–Crippen LogP) is 5.60. The highest BCUT2D eigenvalue weighted by Gasteiger charge is 2.19. The van der Waals surface area contributed by atoms with Crippen molar-refractivity contribution in [3.8, 4) is 28.8 Å². The molecular weight excluding hydrogens is 492 g/mol. The maximum Gasteiger partial charge on any atom is 0.308 e. The number of methoxy groups -OCH3 is 2. The van der Waals surface area contributed by atoms with Crippen molar-refractivity contribution in [2.75, 3.05) is 14.2 Å². The lowest BCUT2D eigenvalue weighted by atomic mass is 10.1. The van der Waals surface area contributed by atoms with Gasteiger partial charge in [0.15, 0.2) is 0 Å². The number of carbonyl (C=O) groups excluding carboxylic acids is 1. The molecular formula is C28H25ClN4O4. The lowest BCUT2D eigenvalue weighted by Crippen LogP contribution is -2.23. The smallest absolute Gasteiger partial charge is 0.308 e. The molecule has 0 saturated carbocycles. The van der Waals surface area contributed by atoms with E-state index >= 15 is 0 Å². The Kier molecular flexibility index (Phi) is 7.09. The van der Waals surface area contributed by atoms with Crippen LogP contribution in [0.5, 0.6) is 11.5 Å². The molecule has 0 bridgehead atoms. The highest BCUT2D eigenvalue weighted by atomic mass is 35.5. The van der Waals surface area contributed by atoms with Crippen LogP contribution in [-0.2, 0) is 17.8 Å². The van der Waals surface area contributed by atoms with Crippen LogP contribution in [0, 0.1) is 0 Å². The lowest BCUT2D eigenvalue weighted by molar-refractivity contribution is -0.121. The van der Waals surface area contributed by atoms with Crippen LogP contribution in [0.25, 0.3) is 28.3 Å². The van der Waals surface area contributed by atoms with Gasteiger partial charge in [0, 0.05) is 35.5 Å². The second kappa shape index (κ2) is 10.8. The van der Waals surface area contributed by atoms with Gasteiger partial charge in [0.25, 0.3) is 0 Å². The second-order valence-corrected chi connectivity index (χ2v) is 8.77. The quantitative estimate of drug-likeness (QED) is 0.274. The zero-order valence-electron chi connectivity index (χ0n) is 20.4. The molecule has 0 radical (unpaired) electrons. The van der Waals surface area contributed by atoms with Gasteiger partial charge in [-0.25, -0.2) is 4.98 Å². The minimum absolute atomic E-state index is 0.127. The number of hydrogen-bond donors (Lipinski definition) is 1. The van der Waals surface area contributed by atoms with E-state index in [4.69, 9.17) is 30.5 Å². The van der Waals surface area contributed by atoms with Crippen LogP contribution in [0.4, 0.5) is 0 Å². The molecule has 1 N–H and O–H groups in total. The Morgan fingerprint density at radius 1 is 1.05 bits per heavy atom. The van der Waals surface area contributed by atoms with Crippen molar-refractivity contribution >= 4 is 28.5 Å². The van der Waals surface area contributed by atoms with Crippen molar-refractivity contribution in [2.45, 2.75) is 19.4 Å². The van der Waals surface area contributed by atoms with Gasteiger partial charge in [-0.15, -0.1) is 0 Å². The third kappa shape index (κ3) is 5.29. The number of imidazole rings is 1. The highest BCUT2D eigenvalue weighted by molar-refractivity contribution is 6.30. The van der Waals surface area contributed by atoms with E-state index in [1.165, 1.54) is 0 Å². The number of ether oxygens (including phenoxy) is 2. The molecule has 5 rings (SSSR count). The van der Waals surface area contributed by atoms with E-state index in [1.807, 2.05) is 54.6 Å². The van der Waals surface area contributed by atoms with Crippen LogP contribution in [0.15, 0.2) is 77.5 Å². The first-order chi connectivity index (χ1) is 18.1. The van der Waals surface area contributed by atoms with E-state index < -0.39 is 0 Å². The number of carbonyl (C=O) groups is 1. The Morgan fingerprint density at radius 2 is 1.86 bits per heavy atom. The largest absolute Gasteiger partial charge is 0.497 e. The van der Waals surface area contributed by atoms with Gasteiger partial charge in [-0.05, 0) is 42.5 Å². The van der Waals surface area contributed by atoms with Gasteiger partial charge in [-0.2, -0.15) is 4.98 Å². The minimum Gasteiger partial charge on any atom is -0.497 e. The lowest BCUT2D eigenvalue weighted by Gasteiger charge is -2.11. The first kappa shape index (κ1) is 24.4. The van der Waals surface area contributed by atoms with E-state index in [0.29, 0.717) is 47.0 Å². The van der Waals surface area contributed by atoms with Crippen molar-refractivity contribution in [2.24, 2.45) is 0 Å². The molecule has 0 aliphatic heterocycles. The topological polar surface area (TPSA) is 91.4 Å². The van der Waals surface area contributed by atoms with Gasteiger partial charge in [0.05, 0.1) is 25.3 Å². The van der Waals surface area contributed by atoms with Gasteiger partial charge in [-0.3, -0.25) is 9.36 Å². The van der Waals surface area contributed by atoms with Crippen LogP contribution in [0.2, 0.25) is 5.02 Å². The molecule has 188 valence electrons. The molecule has 37 heavy (non-hydrogen) atoms. The van der Waals surface area contributed by atoms with Gasteiger partial charge >= 0.3 is 6.01 Å². The van der Waals surface area contributed by atoms with Crippen molar-refractivity contribution in [3.63, 3.8) is 0 Å². The summed E-state index contributed by atoms with van der Waals surface area (Å²) in [5, 5.41) is 3.58. The molecule has 2 heterocycles. The molecule has 2 aromatic heterocycles. The molecule has 0 aliphatic carbocycles. The summed E-state index contributed by atoms with van der Waals surface area (Å²) in [5.41, 5.74) is 4.05. The van der Waals surface area contributed by atoms with Gasteiger partial charge in [0.2, 0.25) is 5.91 Å². The Labute approximate surface area is 218 Å². The average Bonchev–Trinajstić information content (AvgIpc) is 3.55. The van der Waals surface area contributed by atoms with Gasteiger partial charge in [0.1, 0.15) is 29.3 Å². The monoisotopic (exact) mass is 516 g/mol. The number of benzene rings is 3. The number of aromatic nitrogens is 3. The number of fused-ring (bicyclic) bond motifs is 1. The number of aryl methyl sites for hydroxylation is 1. The van der Waals surface area contributed by atoms with Crippen LogP contribution in [0.1, 0.15) is 17.7 Å². The normalized spacial score (nSPS) is 11.0. The summed E-state index contributed by atoms with van der Waals surface area (Å²) in [7, 11) is 3.19. The summed E-state index contributed by atoms with van der Waals surface area (Å²) >= 11 is 6.09. The number of halogens is 1. The third-order valence-corrected chi connectivity index (χ3v) is 6.26. The molecule has 0 unspecified atom stereocenters. The standard InChI is InChI=1S/C28H25ClN4O4/c1-35-21-11-12-24(36-2)19(15-21)16-30-26(34)14-13-25-27(18-7-9-20(29)10-8-18)32-28(37-25)33-17-31-22-5-3-4-6-23(22)33/h3-12,15,17H,13-14,16H2,1-2H3,(H,30,34). The highest BCUT2D eigenvalue weighted by Crippen LogP contribution is 2.29. The maximum atomic E-state index is 12.8. The van der Waals surface area contributed by atoms with Gasteiger partial charge in [-0.1, -0.05) is 35.9 Å². The summed E-state index contributed by atoms with van der Waals surface area (Å²) in [6, 6.07) is 21.0. The van der Waals surface area contributed by atoms with Crippen molar-refractivity contribution in [1.82, 2.24) is 19.9 Å². The average molecular weight is 517 g/mol. The second-order valence-electron chi connectivity index (χ2n) is 8.33. The molecule has 0 spiro atoms.